The summed E-state index contributed by atoms with van der Waals surface area (Å²) in [7, 11) is 0. The second-order valence-corrected chi connectivity index (χ2v) is 6.22. The standard InChI is InChI=1S/C18H18N4O3/c1-12(23)20-8-17-10-22(18(24)25-17)15-4-2-13(3-5-15)14-6-16-7-19-11-21(16)9-14/h2-7,11,17H,8-10H2,1H3,(H,20,23)/t17-/m0/s1. The fourth-order valence-electron chi connectivity index (χ4n) is 3.12. The molecule has 2 amide bonds. The first kappa shape index (κ1) is 15.4. The highest BCUT2D eigenvalue weighted by Gasteiger charge is 2.32. The minimum Gasteiger partial charge on any atom is -0.442 e. The first-order valence-electron chi connectivity index (χ1n) is 8.14. The molecule has 1 N–H and O–H groups in total. The van der Waals surface area contributed by atoms with Crippen molar-refractivity contribution in [3.05, 3.63) is 48.0 Å². The SMILES string of the molecule is CC(=O)NC[C@H]1CN(c2ccc(C3=Cc4cncn4C3)cc2)C(=O)O1. The van der Waals surface area contributed by atoms with Crippen LogP contribution in [-0.4, -0.2) is 40.7 Å². The van der Waals surface area contributed by atoms with Crippen LogP contribution in [0.25, 0.3) is 11.6 Å². The van der Waals surface area contributed by atoms with Gasteiger partial charge in [0, 0.05) is 19.2 Å². The number of hydrogen-bond donors (Lipinski definition) is 1. The molecule has 0 unspecified atom stereocenters. The molecule has 2 aromatic rings. The number of fused-ring (bicyclic) bond motifs is 1. The van der Waals surface area contributed by atoms with Gasteiger partial charge in [0.2, 0.25) is 5.91 Å². The van der Waals surface area contributed by atoms with Crippen molar-refractivity contribution in [2.24, 2.45) is 0 Å². The van der Waals surface area contributed by atoms with Crippen molar-refractivity contribution in [3.8, 4) is 0 Å². The van der Waals surface area contributed by atoms with Crippen LogP contribution >= 0.6 is 0 Å². The summed E-state index contributed by atoms with van der Waals surface area (Å²) in [6.07, 6.45) is 5.08. The van der Waals surface area contributed by atoms with Gasteiger partial charge in [-0.25, -0.2) is 9.78 Å². The van der Waals surface area contributed by atoms with E-state index in [0.29, 0.717) is 13.1 Å². The third-order valence-electron chi connectivity index (χ3n) is 4.41. The normalized spacial score (nSPS) is 18.8. The van der Waals surface area contributed by atoms with Crippen LogP contribution in [0.1, 0.15) is 18.2 Å². The number of nitrogens with zero attached hydrogens (tertiary/aromatic N) is 3. The van der Waals surface area contributed by atoms with E-state index >= 15 is 0 Å². The van der Waals surface area contributed by atoms with Crippen LogP contribution in [0, 0.1) is 0 Å². The van der Waals surface area contributed by atoms with E-state index in [4.69, 9.17) is 4.74 Å². The maximum atomic E-state index is 12.1. The number of ether oxygens (including phenoxy) is 1. The van der Waals surface area contributed by atoms with E-state index in [1.165, 1.54) is 12.5 Å². The van der Waals surface area contributed by atoms with E-state index in [1.807, 2.05) is 36.8 Å². The largest absolute Gasteiger partial charge is 0.442 e. The van der Waals surface area contributed by atoms with Gasteiger partial charge in [-0.3, -0.25) is 9.69 Å². The van der Waals surface area contributed by atoms with Crippen LogP contribution < -0.4 is 10.2 Å². The average molecular weight is 338 g/mol. The summed E-state index contributed by atoms with van der Waals surface area (Å²) >= 11 is 0. The van der Waals surface area contributed by atoms with Crippen molar-refractivity contribution < 1.29 is 14.3 Å². The highest BCUT2D eigenvalue weighted by atomic mass is 16.6. The highest BCUT2D eigenvalue weighted by molar-refractivity contribution is 5.90. The molecule has 1 aromatic carbocycles. The van der Waals surface area contributed by atoms with Gasteiger partial charge in [-0.15, -0.1) is 0 Å². The molecule has 2 aliphatic heterocycles. The van der Waals surface area contributed by atoms with Crippen LogP contribution in [0.4, 0.5) is 10.5 Å². The first-order valence-corrected chi connectivity index (χ1v) is 8.14. The lowest BCUT2D eigenvalue weighted by Crippen LogP contribution is -2.33. The van der Waals surface area contributed by atoms with Gasteiger partial charge in [-0.2, -0.15) is 0 Å². The summed E-state index contributed by atoms with van der Waals surface area (Å²) < 4.78 is 7.38. The molecule has 1 fully saturated rings. The molecule has 0 bridgehead atoms. The molecular formula is C18H18N4O3. The Labute approximate surface area is 144 Å². The summed E-state index contributed by atoms with van der Waals surface area (Å²) in [5.41, 5.74) is 4.23. The summed E-state index contributed by atoms with van der Waals surface area (Å²) in [6, 6.07) is 7.86. The van der Waals surface area contributed by atoms with Crippen molar-refractivity contribution in [1.82, 2.24) is 14.9 Å². The maximum absolute atomic E-state index is 12.1. The van der Waals surface area contributed by atoms with E-state index in [1.54, 1.807) is 4.90 Å². The molecule has 128 valence electrons. The zero-order chi connectivity index (χ0) is 17.4. The Morgan fingerprint density at radius 1 is 1.36 bits per heavy atom. The lowest BCUT2D eigenvalue weighted by Gasteiger charge is -2.14. The van der Waals surface area contributed by atoms with Crippen LogP contribution in [0.5, 0.6) is 0 Å². The number of hydrogen-bond acceptors (Lipinski definition) is 4. The van der Waals surface area contributed by atoms with E-state index in [-0.39, 0.29) is 18.1 Å². The predicted octanol–water partition coefficient (Wildman–Crippen LogP) is 1.90. The van der Waals surface area contributed by atoms with E-state index < -0.39 is 0 Å². The number of nitrogens with one attached hydrogen (secondary N) is 1. The molecule has 7 heteroatoms. The zero-order valence-electron chi connectivity index (χ0n) is 13.8. The smallest absolute Gasteiger partial charge is 0.414 e. The van der Waals surface area contributed by atoms with Crippen molar-refractivity contribution >= 4 is 29.3 Å². The van der Waals surface area contributed by atoms with E-state index in [0.717, 1.165) is 23.5 Å². The number of anilines is 1. The molecule has 7 nitrogen and oxygen atoms in total. The van der Waals surface area contributed by atoms with Gasteiger partial charge in [-0.05, 0) is 29.3 Å². The third-order valence-corrected chi connectivity index (χ3v) is 4.41. The second kappa shape index (κ2) is 6.08. The van der Waals surface area contributed by atoms with Crippen molar-refractivity contribution in [1.29, 1.82) is 0 Å². The Bertz CT molecular complexity index is 853. The first-order chi connectivity index (χ1) is 12.1. The molecule has 1 aromatic heterocycles. The van der Waals surface area contributed by atoms with Gasteiger partial charge in [0.15, 0.2) is 0 Å². The number of allylic oxidation sites excluding steroid dienone is 1. The Hall–Kier alpha value is -3.09. The van der Waals surface area contributed by atoms with Gasteiger partial charge in [0.05, 0.1) is 31.3 Å². The molecule has 0 aliphatic carbocycles. The highest BCUT2D eigenvalue weighted by Crippen LogP contribution is 2.29. The summed E-state index contributed by atoms with van der Waals surface area (Å²) in [4.78, 5) is 28.7. The molecule has 3 heterocycles. The lowest BCUT2D eigenvalue weighted by molar-refractivity contribution is -0.119. The number of amides is 2. The number of cyclic esters (lactones) is 1. The summed E-state index contributed by atoms with van der Waals surface area (Å²) in [5.74, 6) is -0.135. The molecule has 2 aliphatic rings. The Morgan fingerprint density at radius 2 is 2.16 bits per heavy atom. The summed E-state index contributed by atoms with van der Waals surface area (Å²) in [5, 5.41) is 2.67. The molecule has 1 saturated heterocycles. The van der Waals surface area contributed by atoms with Crippen molar-refractivity contribution in [2.75, 3.05) is 18.0 Å². The van der Waals surface area contributed by atoms with Crippen LogP contribution in [0.2, 0.25) is 0 Å². The van der Waals surface area contributed by atoms with Crippen molar-refractivity contribution in [3.63, 3.8) is 0 Å². The quantitative estimate of drug-likeness (QED) is 0.924. The van der Waals surface area contributed by atoms with Crippen molar-refractivity contribution in [2.45, 2.75) is 19.6 Å². The minimum absolute atomic E-state index is 0.135. The molecule has 25 heavy (non-hydrogen) atoms. The average Bonchev–Trinajstić information content (AvgIpc) is 3.27. The van der Waals surface area contributed by atoms with Gasteiger partial charge in [0.1, 0.15) is 6.10 Å². The second-order valence-electron chi connectivity index (χ2n) is 6.22. The minimum atomic E-state index is -0.384. The predicted molar refractivity (Wildman–Crippen MR) is 92.8 cm³/mol. The summed E-state index contributed by atoms with van der Waals surface area (Å²) in [6.45, 7) is 3.00. The Morgan fingerprint density at radius 3 is 2.88 bits per heavy atom. The molecule has 4 rings (SSSR count). The maximum Gasteiger partial charge on any atom is 0.414 e. The third kappa shape index (κ3) is 3.00. The zero-order valence-corrected chi connectivity index (χ0v) is 13.8. The molecule has 0 radical (unpaired) electrons. The molecule has 0 saturated carbocycles. The number of rotatable bonds is 4. The number of carbonyl (C=O) groups excluding carboxylic acids is 2. The van der Waals surface area contributed by atoms with Gasteiger partial charge in [0.25, 0.3) is 0 Å². The van der Waals surface area contributed by atoms with Gasteiger partial charge in [-0.1, -0.05) is 12.1 Å². The van der Waals surface area contributed by atoms with Gasteiger partial charge >= 0.3 is 6.09 Å². The number of benzene rings is 1. The van der Waals surface area contributed by atoms with Crippen LogP contribution in [0.3, 0.4) is 0 Å². The fraction of sp³-hybridized carbons (Fsp3) is 0.278. The van der Waals surface area contributed by atoms with Crippen LogP contribution in [0.15, 0.2) is 36.8 Å². The molecular weight excluding hydrogens is 320 g/mol. The fourth-order valence-corrected chi connectivity index (χ4v) is 3.12. The number of carbonyl (C=O) groups is 2. The molecule has 1 atom stereocenters. The lowest BCUT2D eigenvalue weighted by atomic mass is 10.1. The number of aromatic nitrogens is 2. The van der Waals surface area contributed by atoms with Gasteiger partial charge < -0.3 is 14.6 Å². The topological polar surface area (TPSA) is 76.5 Å². The molecule has 0 spiro atoms. The Balaban J connectivity index is 1.45. The Kier molecular flexibility index (Phi) is 3.76. The number of imidazole rings is 1. The van der Waals surface area contributed by atoms with E-state index in [9.17, 15) is 9.59 Å². The van der Waals surface area contributed by atoms with E-state index in [2.05, 4.69) is 20.9 Å². The monoisotopic (exact) mass is 338 g/mol. The van der Waals surface area contributed by atoms with Crippen LogP contribution in [-0.2, 0) is 16.1 Å².